The third-order valence-corrected chi connectivity index (χ3v) is 16.2. The summed E-state index contributed by atoms with van der Waals surface area (Å²) >= 11 is 5.91. The van der Waals surface area contributed by atoms with E-state index in [-0.39, 0.29) is 46.0 Å². The molecule has 488 valence electrons. The summed E-state index contributed by atoms with van der Waals surface area (Å²) in [5, 5.41) is 88.2. The van der Waals surface area contributed by atoms with Gasteiger partial charge in [0.2, 0.25) is 0 Å². The van der Waals surface area contributed by atoms with Crippen LogP contribution in [-0.2, 0) is 0 Å². The number of nitrogens with zero attached hydrogens (tertiary/aromatic N) is 5. The number of phenolic OH excluding ortho intramolecular Hbond substituents is 3. The predicted molar refractivity (Wildman–Crippen MR) is 385 cm³/mol. The molecule has 0 atom stereocenters. The third-order valence-electron chi connectivity index (χ3n) is 16.0. The fourth-order valence-corrected chi connectivity index (χ4v) is 11.2. The molecule has 8 N–H and O–H groups in total. The van der Waals surface area contributed by atoms with Crippen molar-refractivity contribution in [3.05, 3.63) is 260 Å². The molecule has 0 bridgehead atoms. The van der Waals surface area contributed by atoms with E-state index in [2.05, 4.69) is 24.9 Å². The zero-order valence-electron chi connectivity index (χ0n) is 53.5. The number of fused-ring (bicyclic) bond motifs is 5. The lowest BCUT2D eigenvalue weighted by Gasteiger charge is -2.12. The van der Waals surface area contributed by atoms with Crippen LogP contribution < -0.4 is 18.9 Å². The van der Waals surface area contributed by atoms with Gasteiger partial charge in [-0.2, -0.15) is 0 Å². The molecule has 0 aliphatic carbocycles. The van der Waals surface area contributed by atoms with Crippen molar-refractivity contribution in [2.24, 2.45) is 0 Å². The van der Waals surface area contributed by atoms with Crippen LogP contribution in [0.25, 0.3) is 110 Å². The van der Waals surface area contributed by atoms with Crippen LogP contribution in [-0.4, -0.2) is 94.2 Å². The van der Waals surface area contributed by atoms with Gasteiger partial charge in [-0.3, -0.25) is 19.9 Å². The zero-order chi connectivity index (χ0) is 69.0. The van der Waals surface area contributed by atoms with E-state index in [0.29, 0.717) is 72.3 Å². The van der Waals surface area contributed by atoms with Crippen molar-refractivity contribution in [3.8, 4) is 125 Å². The standard InChI is InChI=1S/C17H15NO2.C16H13NO4.2C16H13NO2.C15H10ClNO2/c1-11-13-9-6-10-14(20-2)15(13)17(19)16(18-11)12-7-4-3-5-8-12;1-21-10-4-2-9(3-5-10)14-16(20)11-6-7-13(18)15(19)12(11)8-17-14;1-19-14-9-5-8-12-13(14)10-17-15(16(12)18)11-6-3-2-4-7-11;1-19-13-7-8-14-12(9-13)10-17-15(16(14)18)11-5-3-2-4-6-11;16-11-3-6-13-10(7-11)8-17-14(15(13)19)9-1-4-12(18)5-2-9/h3-10,19H,1-2H3;2-8,18-20H,1H3;2*2-10,18H,1H3;1-8,18-19H. The number of aromatic hydroxyl groups is 8. The molecule has 0 amide bonds. The van der Waals surface area contributed by atoms with Gasteiger partial charge in [0.25, 0.3) is 0 Å². The first-order valence-electron chi connectivity index (χ1n) is 30.5. The fourth-order valence-electron chi connectivity index (χ4n) is 11.0. The van der Waals surface area contributed by atoms with E-state index >= 15 is 0 Å². The Kier molecular flexibility index (Phi) is 20.4. The van der Waals surface area contributed by atoms with Crippen molar-refractivity contribution in [1.29, 1.82) is 0 Å². The molecule has 5 heterocycles. The monoisotopic (exact) mass is 1320 g/mol. The first-order chi connectivity index (χ1) is 47.6. The van der Waals surface area contributed by atoms with Gasteiger partial charge in [-0.1, -0.05) is 127 Å². The molecule has 15 rings (SSSR count). The molecule has 15 aromatic rings. The van der Waals surface area contributed by atoms with E-state index in [4.69, 9.17) is 30.5 Å². The van der Waals surface area contributed by atoms with E-state index in [1.54, 1.807) is 114 Å². The summed E-state index contributed by atoms with van der Waals surface area (Å²) in [5.41, 5.74) is 7.67. The van der Waals surface area contributed by atoms with Crippen molar-refractivity contribution in [1.82, 2.24) is 24.9 Å². The smallest absolute Gasteiger partial charge is 0.167 e. The van der Waals surface area contributed by atoms with Crippen LogP contribution in [0.5, 0.6) is 69.0 Å². The second-order valence-corrected chi connectivity index (χ2v) is 22.4. The summed E-state index contributed by atoms with van der Waals surface area (Å²) in [6.07, 6.45) is 6.57. The van der Waals surface area contributed by atoms with E-state index in [1.807, 2.05) is 153 Å². The predicted octanol–water partition coefficient (Wildman–Crippen LogP) is 18.2. The molecule has 0 aliphatic heterocycles. The van der Waals surface area contributed by atoms with Gasteiger partial charge in [-0.15, -0.1) is 0 Å². The first-order valence-corrected chi connectivity index (χ1v) is 30.8. The lowest BCUT2D eigenvalue weighted by atomic mass is 10.0. The largest absolute Gasteiger partial charge is 0.508 e. The van der Waals surface area contributed by atoms with Gasteiger partial charge in [-0.25, -0.2) is 4.98 Å². The van der Waals surface area contributed by atoms with Crippen molar-refractivity contribution in [2.75, 3.05) is 28.4 Å². The summed E-state index contributed by atoms with van der Waals surface area (Å²) in [7, 11) is 6.41. The van der Waals surface area contributed by atoms with Crippen LogP contribution in [0.3, 0.4) is 0 Å². The van der Waals surface area contributed by atoms with E-state index in [0.717, 1.165) is 71.6 Å². The minimum absolute atomic E-state index is 0.0482. The molecule has 98 heavy (non-hydrogen) atoms. The van der Waals surface area contributed by atoms with Crippen LogP contribution >= 0.6 is 11.6 Å². The Bertz CT molecular complexity index is 5330. The average molecular weight is 1320 g/mol. The van der Waals surface area contributed by atoms with Gasteiger partial charge in [0.05, 0.1) is 33.8 Å². The number of hydrogen-bond donors (Lipinski definition) is 8. The molecule has 0 spiro atoms. The molecule has 0 saturated carbocycles. The van der Waals surface area contributed by atoms with Gasteiger partial charge >= 0.3 is 0 Å². The molecule has 17 nitrogen and oxygen atoms in total. The maximum atomic E-state index is 10.6. The second-order valence-electron chi connectivity index (χ2n) is 22.0. The SMILES string of the molecule is COc1ccc(-c2ncc3c(O)c(O)ccc3c2O)cc1.COc1ccc2c(O)c(-c3ccccc3)ncc2c1.COc1cccc2c(C)nc(-c3ccccc3)c(O)c12.COc1cccc2c(O)c(-c3ccccc3)ncc12.Oc1ccc(-c2ncc3cc(Cl)ccc3c2O)cc1. The Morgan fingerprint density at radius 1 is 0.306 bits per heavy atom. The van der Waals surface area contributed by atoms with Gasteiger partial charge in [0.1, 0.15) is 80.2 Å². The van der Waals surface area contributed by atoms with Crippen LogP contribution in [0.15, 0.2) is 249 Å². The number of phenols is 3. The molecule has 5 aromatic heterocycles. The molecular weight excluding hydrogens is 1260 g/mol. The Hall–Kier alpha value is -12.9. The maximum absolute atomic E-state index is 10.6. The Morgan fingerprint density at radius 2 is 0.724 bits per heavy atom. The summed E-state index contributed by atoms with van der Waals surface area (Å²) in [4.78, 5) is 21.7. The Morgan fingerprint density at radius 3 is 1.26 bits per heavy atom. The molecule has 0 unspecified atom stereocenters. The average Bonchev–Trinajstić information content (AvgIpc) is 0.799. The number of halogens is 1. The summed E-state index contributed by atoms with van der Waals surface area (Å²) in [5.74, 6) is 3.06. The number of rotatable bonds is 9. The highest BCUT2D eigenvalue weighted by Crippen LogP contribution is 2.44. The minimum atomic E-state index is -0.295. The summed E-state index contributed by atoms with van der Waals surface area (Å²) in [6.45, 7) is 1.94. The topological polar surface area (TPSA) is 263 Å². The summed E-state index contributed by atoms with van der Waals surface area (Å²) < 4.78 is 20.9. The quantitative estimate of drug-likeness (QED) is 0.0625. The number of pyridine rings is 5. The first kappa shape index (κ1) is 66.6. The molecule has 18 heteroatoms. The van der Waals surface area contributed by atoms with E-state index < -0.39 is 0 Å². The highest BCUT2D eigenvalue weighted by atomic mass is 35.5. The van der Waals surface area contributed by atoms with Gasteiger partial charge in [0.15, 0.2) is 17.2 Å². The number of ether oxygens (including phenoxy) is 4. The fraction of sp³-hybridized carbons (Fsp3) is 0.0625. The van der Waals surface area contributed by atoms with Crippen LogP contribution in [0.1, 0.15) is 5.69 Å². The number of methoxy groups -OCH3 is 4. The van der Waals surface area contributed by atoms with E-state index in [9.17, 15) is 40.9 Å². The van der Waals surface area contributed by atoms with Gasteiger partial charge in [-0.05, 0) is 116 Å². The van der Waals surface area contributed by atoms with Gasteiger partial charge in [0, 0.05) is 112 Å². The Balaban J connectivity index is 0.000000124. The van der Waals surface area contributed by atoms with Crippen LogP contribution in [0.4, 0.5) is 0 Å². The van der Waals surface area contributed by atoms with Crippen LogP contribution in [0, 0.1) is 6.92 Å². The number of benzene rings is 10. The van der Waals surface area contributed by atoms with Crippen molar-refractivity contribution < 1.29 is 59.8 Å². The second kappa shape index (κ2) is 30.0. The number of aromatic nitrogens is 5. The summed E-state index contributed by atoms with van der Waals surface area (Å²) in [6, 6.07) is 67.5. The highest BCUT2D eigenvalue weighted by Gasteiger charge is 2.19. The van der Waals surface area contributed by atoms with Crippen molar-refractivity contribution >= 4 is 65.5 Å². The Labute approximate surface area is 567 Å². The molecule has 0 radical (unpaired) electrons. The van der Waals surface area contributed by atoms with Crippen molar-refractivity contribution in [2.45, 2.75) is 6.92 Å². The zero-order valence-corrected chi connectivity index (χ0v) is 54.3. The lowest BCUT2D eigenvalue weighted by Crippen LogP contribution is -1.93. The maximum Gasteiger partial charge on any atom is 0.167 e. The minimum Gasteiger partial charge on any atom is -0.508 e. The van der Waals surface area contributed by atoms with Crippen LogP contribution in [0.2, 0.25) is 5.02 Å². The van der Waals surface area contributed by atoms with E-state index in [1.165, 1.54) is 18.3 Å². The third kappa shape index (κ3) is 14.3. The number of hydrogen-bond acceptors (Lipinski definition) is 17. The van der Waals surface area contributed by atoms with Crippen molar-refractivity contribution in [3.63, 3.8) is 0 Å². The molecule has 10 aromatic carbocycles. The normalized spacial score (nSPS) is 10.7. The molecule has 0 aliphatic rings. The highest BCUT2D eigenvalue weighted by molar-refractivity contribution is 6.31. The van der Waals surface area contributed by atoms with Gasteiger partial charge < -0.3 is 59.8 Å². The molecule has 0 saturated heterocycles. The number of aryl methyl sites for hydroxylation is 1. The molecule has 0 fully saturated rings. The lowest BCUT2D eigenvalue weighted by molar-refractivity contribution is 0.408. The molecular formula is C80H64ClN5O12.